The van der Waals surface area contributed by atoms with Gasteiger partial charge in [-0.3, -0.25) is 0 Å². The molecule has 0 N–H and O–H groups in total. The van der Waals surface area contributed by atoms with Crippen molar-refractivity contribution < 1.29 is 4.74 Å². The minimum atomic E-state index is 0.556. The summed E-state index contributed by atoms with van der Waals surface area (Å²) < 4.78 is 5.36. The minimum Gasteiger partial charge on any atom is -0.375 e. The van der Waals surface area contributed by atoms with E-state index in [4.69, 9.17) is 4.74 Å². The fraction of sp³-hybridized carbons (Fsp3) is 0.667. The number of thiazole rings is 1. The number of rotatable bonds is 1. The fourth-order valence-electron chi connectivity index (χ4n) is 1.29. The molecule has 1 aliphatic heterocycles. The Morgan fingerprint density at radius 2 is 2.33 bits per heavy atom. The second kappa shape index (κ2) is 3.15. The molecule has 2 heterocycles. The quantitative estimate of drug-likeness (QED) is 0.666. The monoisotopic (exact) mass is 183 g/mol. The number of ether oxygens (including phenoxy) is 1. The standard InChI is InChI=1S/C9H13NOS/c1-6(2)9-10-7-3-4-11-5-8(7)12-9/h6H,3-5H2,1-2H3. The average molecular weight is 183 g/mol. The van der Waals surface area contributed by atoms with Crippen LogP contribution in [0, 0.1) is 0 Å². The summed E-state index contributed by atoms with van der Waals surface area (Å²) >= 11 is 1.81. The molecule has 2 rings (SSSR count). The van der Waals surface area contributed by atoms with Gasteiger partial charge in [0, 0.05) is 12.3 Å². The number of hydrogen-bond donors (Lipinski definition) is 0. The second-order valence-electron chi connectivity index (χ2n) is 3.38. The Hall–Kier alpha value is -0.410. The molecule has 2 nitrogen and oxygen atoms in total. The molecule has 0 fully saturated rings. The van der Waals surface area contributed by atoms with Crippen LogP contribution in [0.2, 0.25) is 0 Å². The molecule has 1 aromatic heterocycles. The number of nitrogens with zero attached hydrogens (tertiary/aromatic N) is 1. The third-order valence-corrected chi connectivity index (χ3v) is 3.38. The molecule has 0 spiro atoms. The van der Waals surface area contributed by atoms with Crippen LogP contribution in [-0.2, 0) is 17.8 Å². The van der Waals surface area contributed by atoms with Gasteiger partial charge in [-0.25, -0.2) is 4.98 Å². The van der Waals surface area contributed by atoms with Crippen LogP contribution in [0.1, 0.15) is 35.3 Å². The lowest BCUT2D eigenvalue weighted by Gasteiger charge is -2.08. The molecule has 0 saturated heterocycles. The second-order valence-corrected chi connectivity index (χ2v) is 4.49. The van der Waals surface area contributed by atoms with Crippen LogP contribution in [0.25, 0.3) is 0 Å². The first-order valence-electron chi connectivity index (χ1n) is 4.33. The molecule has 0 saturated carbocycles. The van der Waals surface area contributed by atoms with Crippen LogP contribution in [0.3, 0.4) is 0 Å². The Labute approximate surface area is 76.6 Å². The van der Waals surface area contributed by atoms with Crippen molar-refractivity contribution in [3.63, 3.8) is 0 Å². The van der Waals surface area contributed by atoms with Gasteiger partial charge in [0.05, 0.1) is 28.8 Å². The van der Waals surface area contributed by atoms with Crippen molar-refractivity contribution >= 4 is 11.3 Å². The number of hydrogen-bond acceptors (Lipinski definition) is 3. The zero-order valence-corrected chi connectivity index (χ0v) is 8.28. The van der Waals surface area contributed by atoms with Crippen molar-refractivity contribution in [2.24, 2.45) is 0 Å². The van der Waals surface area contributed by atoms with E-state index in [0.29, 0.717) is 5.92 Å². The molecule has 0 aliphatic carbocycles. The third-order valence-electron chi connectivity index (χ3n) is 2.01. The van der Waals surface area contributed by atoms with Crippen molar-refractivity contribution in [2.75, 3.05) is 6.61 Å². The van der Waals surface area contributed by atoms with Gasteiger partial charge in [-0.1, -0.05) is 13.8 Å². The normalized spacial score (nSPS) is 16.6. The first-order chi connectivity index (χ1) is 5.77. The van der Waals surface area contributed by atoms with Crippen LogP contribution in [0.5, 0.6) is 0 Å². The first-order valence-corrected chi connectivity index (χ1v) is 5.15. The summed E-state index contributed by atoms with van der Waals surface area (Å²) in [5.41, 5.74) is 1.27. The molecule has 1 aliphatic rings. The topological polar surface area (TPSA) is 22.1 Å². The van der Waals surface area contributed by atoms with E-state index in [1.165, 1.54) is 15.6 Å². The highest BCUT2D eigenvalue weighted by Gasteiger charge is 2.16. The zero-order valence-electron chi connectivity index (χ0n) is 7.46. The summed E-state index contributed by atoms with van der Waals surface area (Å²) in [6.07, 6.45) is 0.999. The molecular formula is C9H13NOS. The Morgan fingerprint density at radius 1 is 1.50 bits per heavy atom. The molecule has 0 amide bonds. The van der Waals surface area contributed by atoms with Gasteiger partial charge in [-0.05, 0) is 0 Å². The summed E-state index contributed by atoms with van der Waals surface area (Å²) in [6, 6.07) is 0. The van der Waals surface area contributed by atoms with Gasteiger partial charge in [-0.15, -0.1) is 11.3 Å². The third kappa shape index (κ3) is 1.39. The highest BCUT2D eigenvalue weighted by Crippen LogP contribution is 2.27. The molecular weight excluding hydrogens is 170 g/mol. The smallest absolute Gasteiger partial charge is 0.0957 e. The van der Waals surface area contributed by atoms with Crippen LogP contribution >= 0.6 is 11.3 Å². The Bertz CT molecular complexity index is 257. The first kappa shape index (κ1) is 8.20. The molecule has 0 bridgehead atoms. The SMILES string of the molecule is CC(C)c1nc2c(s1)COCC2. The van der Waals surface area contributed by atoms with Gasteiger partial charge < -0.3 is 4.74 Å². The predicted octanol–water partition coefficient (Wildman–Crippen LogP) is 2.34. The molecule has 0 unspecified atom stereocenters. The lowest BCUT2D eigenvalue weighted by atomic mass is 10.2. The predicted molar refractivity (Wildman–Crippen MR) is 49.6 cm³/mol. The zero-order chi connectivity index (χ0) is 8.55. The van der Waals surface area contributed by atoms with Crippen LogP contribution in [0.15, 0.2) is 0 Å². The van der Waals surface area contributed by atoms with Crippen LogP contribution < -0.4 is 0 Å². The van der Waals surface area contributed by atoms with Gasteiger partial charge in [0.2, 0.25) is 0 Å². The van der Waals surface area contributed by atoms with Gasteiger partial charge in [0.25, 0.3) is 0 Å². The number of aromatic nitrogens is 1. The molecule has 0 radical (unpaired) electrons. The average Bonchev–Trinajstić information content (AvgIpc) is 2.46. The van der Waals surface area contributed by atoms with Crippen LogP contribution in [-0.4, -0.2) is 11.6 Å². The maximum Gasteiger partial charge on any atom is 0.0957 e. The molecule has 0 aromatic carbocycles. The van der Waals surface area contributed by atoms with Crippen molar-refractivity contribution in [1.82, 2.24) is 4.98 Å². The molecule has 66 valence electrons. The van der Waals surface area contributed by atoms with E-state index >= 15 is 0 Å². The summed E-state index contributed by atoms with van der Waals surface area (Å²) in [7, 11) is 0. The minimum absolute atomic E-state index is 0.556. The lowest BCUT2D eigenvalue weighted by molar-refractivity contribution is 0.112. The molecule has 12 heavy (non-hydrogen) atoms. The van der Waals surface area contributed by atoms with E-state index in [0.717, 1.165) is 19.6 Å². The van der Waals surface area contributed by atoms with E-state index < -0.39 is 0 Å². The van der Waals surface area contributed by atoms with Crippen molar-refractivity contribution in [1.29, 1.82) is 0 Å². The van der Waals surface area contributed by atoms with Crippen molar-refractivity contribution in [2.45, 2.75) is 32.8 Å². The maximum atomic E-state index is 5.36. The summed E-state index contributed by atoms with van der Waals surface area (Å²) in [5, 5.41) is 1.26. The highest BCUT2D eigenvalue weighted by molar-refractivity contribution is 7.11. The Morgan fingerprint density at radius 3 is 3.00 bits per heavy atom. The van der Waals surface area contributed by atoms with Gasteiger partial charge in [0.1, 0.15) is 0 Å². The molecule has 3 heteroatoms. The van der Waals surface area contributed by atoms with Crippen molar-refractivity contribution in [3.05, 3.63) is 15.6 Å². The van der Waals surface area contributed by atoms with E-state index in [9.17, 15) is 0 Å². The largest absolute Gasteiger partial charge is 0.375 e. The van der Waals surface area contributed by atoms with E-state index in [2.05, 4.69) is 18.8 Å². The van der Waals surface area contributed by atoms with Crippen molar-refractivity contribution in [3.8, 4) is 0 Å². The van der Waals surface area contributed by atoms with E-state index in [1.54, 1.807) is 0 Å². The maximum absolute atomic E-state index is 5.36. The molecule has 0 atom stereocenters. The molecule has 1 aromatic rings. The fourth-order valence-corrected chi connectivity index (χ4v) is 2.34. The van der Waals surface area contributed by atoms with E-state index in [-0.39, 0.29) is 0 Å². The number of fused-ring (bicyclic) bond motifs is 1. The lowest BCUT2D eigenvalue weighted by Crippen LogP contribution is -2.07. The van der Waals surface area contributed by atoms with Gasteiger partial charge >= 0.3 is 0 Å². The van der Waals surface area contributed by atoms with Crippen LogP contribution in [0.4, 0.5) is 0 Å². The van der Waals surface area contributed by atoms with E-state index in [1.807, 2.05) is 11.3 Å². The van der Waals surface area contributed by atoms with Gasteiger partial charge in [0.15, 0.2) is 0 Å². The summed E-state index contributed by atoms with van der Waals surface area (Å²) in [5.74, 6) is 0.556. The summed E-state index contributed by atoms with van der Waals surface area (Å²) in [6.45, 7) is 5.99. The Kier molecular flexibility index (Phi) is 2.15. The van der Waals surface area contributed by atoms with Gasteiger partial charge in [-0.2, -0.15) is 0 Å². The summed E-state index contributed by atoms with van der Waals surface area (Å²) in [4.78, 5) is 5.93. The highest BCUT2D eigenvalue weighted by atomic mass is 32.1. The Balaban J connectivity index is 2.32.